The van der Waals surface area contributed by atoms with Crippen LogP contribution in [0.25, 0.3) is 0 Å². The zero-order valence-electron chi connectivity index (χ0n) is 13.0. The monoisotopic (exact) mass is 366 g/mol. The molecule has 0 radical (unpaired) electrons. The minimum atomic E-state index is -0.187. The molecule has 126 valence electrons. The Hall–Kier alpha value is -1.95. The number of nitrogens with one attached hydrogen (secondary N) is 1. The molecule has 24 heavy (non-hydrogen) atoms. The molecule has 0 saturated heterocycles. The average Bonchev–Trinajstić information content (AvgIpc) is 2.98. The molecule has 0 spiro atoms. The summed E-state index contributed by atoms with van der Waals surface area (Å²) in [6, 6.07) is 10.8. The maximum atomic E-state index is 12.2. The molecule has 0 bridgehead atoms. The Kier molecular flexibility index (Phi) is 5.14. The van der Waals surface area contributed by atoms with Crippen LogP contribution in [0.4, 0.5) is 5.69 Å². The van der Waals surface area contributed by atoms with Gasteiger partial charge in [-0.25, -0.2) is 0 Å². The molecule has 0 atom stereocenters. The van der Waals surface area contributed by atoms with Crippen molar-refractivity contribution in [3.05, 3.63) is 52.0 Å². The molecule has 0 saturated carbocycles. The molecule has 1 N–H and O–H groups in total. The van der Waals surface area contributed by atoms with E-state index in [1.54, 1.807) is 18.2 Å². The Morgan fingerprint density at radius 2 is 1.88 bits per heavy atom. The van der Waals surface area contributed by atoms with Gasteiger partial charge in [0.05, 0.1) is 22.3 Å². The number of para-hydroxylation sites is 1. The molecule has 3 rings (SSSR count). The quantitative estimate of drug-likeness (QED) is 0.874. The fourth-order valence-electron chi connectivity index (χ4n) is 2.45. The standard InChI is InChI=1S/C17H16Cl2N2O3/c1-21(8-11-5-6-14-15(7-11)24-10-23-14)9-16(22)20-17-12(18)3-2-4-13(17)19/h2-7H,8-10H2,1H3,(H,20,22). The number of carbonyl (C=O) groups excluding carboxylic acids is 1. The zero-order chi connectivity index (χ0) is 17.1. The molecule has 1 heterocycles. The minimum Gasteiger partial charge on any atom is -0.454 e. The van der Waals surface area contributed by atoms with E-state index in [1.165, 1.54) is 0 Å². The molecular weight excluding hydrogens is 351 g/mol. The summed E-state index contributed by atoms with van der Waals surface area (Å²) >= 11 is 12.1. The highest BCUT2D eigenvalue weighted by Crippen LogP contribution is 2.33. The van der Waals surface area contributed by atoms with Gasteiger partial charge in [-0.2, -0.15) is 0 Å². The third-order valence-electron chi connectivity index (χ3n) is 3.53. The van der Waals surface area contributed by atoms with Crippen molar-refractivity contribution in [2.75, 3.05) is 25.7 Å². The van der Waals surface area contributed by atoms with Gasteiger partial charge < -0.3 is 14.8 Å². The van der Waals surface area contributed by atoms with E-state index in [1.807, 2.05) is 30.1 Å². The second-order valence-corrected chi connectivity index (χ2v) is 6.32. The number of fused-ring (bicyclic) bond motifs is 1. The lowest BCUT2D eigenvalue weighted by Gasteiger charge is -2.17. The number of hydrogen-bond donors (Lipinski definition) is 1. The first-order chi connectivity index (χ1) is 11.5. The second kappa shape index (κ2) is 7.30. The van der Waals surface area contributed by atoms with Gasteiger partial charge in [-0.3, -0.25) is 9.69 Å². The van der Waals surface area contributed by atoms with E-state index < -0.39 is 0 Å². The Morgan fingerprint density at radius 1 is 1.17 bits per heavy atom. The van der Waals surface area contributed by atoms with E-state index in [9.17, 15) is 4.79 Å². The van der Waals surface area contributed by atoms with Crippen molar-refractivity contribution in [2.24, 2.45) is 0 Å². The average molecular weight is 367 g/mol. The first-order valence-electron chi connectivity index (χ1n) is 7.34. The van der Waals surface area contributed by atoms with E-state index in [-0.39, 0.29) is 19.2 Å². The summed E-state index contributed by atoms with van der Waals surface area (Å²) in [7, 11) is 1.86. The summed E-state index contributed by atoms with van der Waals surface area (Å²) in [5.74, 6) is 1.29. The van der Waals surface area contributed by atoms with Gasteiger partial charge >= 0.3 is 0 Å². The van der Waals surface area contributed by atoms with Crippen molar-refractivity contribution in [2.45, 2.75) is 6.54 Å². The van der Waals surface area contributed by atoms with Gasteiger partial charge in [0.1, 0.15) is 0 Å². The van der Waals surface area contributed by atoms with Crippen LogP contribution in [0.3, 0.4) is 0 Å². The maximum absolute atomic E-state index is 12.2. The van der Waals surface area contributed by atoms with Crippen LogP contribution in [0, 0.1) is 0 Å². The van der Waals surface area contributed by atoms with Crippen LogP contribution in [0.1, 0.15) is 5.56 Å². The normalized spacial score (nSPS) is 12.5. The van der Waals surface area contributed by atoms with Crippen LogP contribution < -0.4 is 14.8 Å². The highest BCUT2D eigenvalue weighted by Gasteiger charge is 2.15. The Balaban J connectivity index is 1.58. The van der Waals surface area contributed by atoms with Crippen molar-refractivity contribution in [1.82, 2.24) is 4.90 Å². The first kappa shape index (κ1) is 16.9. The number of rotatable bonds is 5. The fraction of sp³-hybridized carbons (Fsp3) is 0.235. The Bertz CT molecular complexity index is 747. The molecule has 0 aromatic heterocycles. The molecule has 5 nitrogen and oxygen atoms in total. The number of nitrogens with zero attached hydrogens (tertiary/aromatic N) is 1. The lowest BCUT2D eigenvalue weighted by atomic mass is 10.2. The van der Waals surface area contributed by atoms with Crippen LogP contribution >= 0.6 is 23.2 Å². The lowest BCUT2D eigenvalue weighted by Crippen LogP contribution is -2.30. The highest BCUT2D eigenvalue weighted by atomic mass is 35.5. The molecule has 0 fully saturated rings. The molecular formula is C17H16Cl2N2O3. The summed E-state index contributed by atoms with van der Waals surface area (Å²) in [5.41, 5.74) is 1.47. The number of halogens is 2. The molecule has 2 aromatic carbocycles. The van der Waals surface area contributed by atoms with Crippen molar-refractivity contribution in [3.63, 3.8) is 0 Å². The SMILES string of the molecule is CN(CC(=O)Nc1c(Cl)cccc1Cl)Cc1ccc2c(c1)OCO2. The predicted octanol–water partition coefficient (Wildman–Crippen LogP) is 3.79. The smallest absolute Gasteiger partial charge is 0.238 e. The van der Waals surface area contributed by atoms with Gasteiger partial charge in [0, 0.05) is 6.54 Å². The van der Waals surface area contributed by atoms with Gasteiger partial charge in [0.15, 0.2) is 11.5 Å². The summed E-state index contributed by atoms with van der Waals surface area (Å²) in [6.45, 7) is 1.05. The predicted molar refractivity (Wildman–Crippen MR) is 94.0 cm³/mol. The van der Waals surface area contributed by atoms with Gasteiger partial charge in [-0.05, 0) is 36.9 Å². The molecule has 1 aliphatic heterocycles. The van der Waals surface area contributed by atoms with Crippen LogP contribution in [0.15, 0.2) is 36.4 Å². The summed E-state index contributed by atoms with van der Waals surface area (Å²) in [4.78, 5) is 14.1. The van der Waals surface area contributed by atoms with Gasteiger partial charge in [-0.1, -0.05) is 35.3 Å². The lowest BCUT2D eigenvalue weighted by molar-refractivity contribution is -0.117. The Morgan fingerprint density at radius 3 is 2.62 bits per heavy atom. The van der Waals surface area contributed by atoms with Crippen molar-refractivity contribution < 1.29 is 14.3 Å². The van der Waals surface area contributed by atoms with E-state index >= 15 is 0 Å². The summed E-state index contributed by atoms with van der Waals surface area (Å²) in [5, 5.41) is 3.57. The van der Waals surface area contributed by atoms with Crippen molar-refractivity contribution >= 4 is 34.8 Å². The third-order valence-corrected chi connectivity index (χ3v) is 4.16. The zero-order valence-corrected chi connectivity index (χ0v) is 14.5. The molecule has 0 unspecified atom stereocenters. The number of anilines is 1. The fourth-order valence-corrected chi connectivity index (χ4v) is 2.94. The van der Waals surface area contributed by atoms with Crippen LogP contribution in [-0.2, 0) is 11.3 Å². The number of likely N-dealkylation sites (N-methyl/N-ethyl adjacent to an activating group) is 1. The summed E-state index contributed by atoms with van der Waals surface area (Å²) < 4.78 is 10.6. The third kappa shape index (κ3) is 3.93. The van der Waals surface area contributed by atoms with Gasteiger partial charge in [-0.15, -0.1) is 0 Å². The van der Waals surface area contributed by atoms with Gasteiger partial charge in [0.25, 0.3) is 0 Å². The topological polar surface area (TPSA) is 50.8 Å². The molecule has 7 heteroatoms. The maximum Gasteiger partial charge on any atom is 0.238 e. The molecule has 1 aliphatic rings. The number of ether oxygens (including phenoxy) is 2. The number of carbonyl (C=O) groups is 1. The highest BCUT2D eigenvalue weighted by molar-refractivity contribution is 6.39. The largest absolute Gasteiger partial charge is 0.454 e. The van der Waals surface area contributed by atoms with Crippen molar-refractivity contribution in [3.8, 4) is 11.5 Å². The van der Waals surface area contributed by atoms with Crippen molar-refractivity contribution in [1.29, 1.82) is 0 Å². The Labute approximate surface area is 150 Å². The van der Waals surface area contributed by atoms with Gasteiger partial charge in [0.2, 0.25) is 12.7 Å². The van der Waals surface area contributed by atoms with E-state index in [0.29, 0.717) is 22.3 Å². The van der Waals surface area contributed by atoms with E-state index in [2.05, 4.69) is 5.32 Å². The molecule has 2 aromatic rings. The van der Waals surface area contributed by atoms with Crippen LogP contribution in [-0.4, -0.2) is 31.2 Å². The second-order valence-electron chi connectivity index (χ2n) is 5.50. The van der Waals surface area contributed by atoms with Crippen LogP contribution in [0.2, 0.25) is 10.0 Å². The van der Waals surface area contributed by atoms with Crippen LogP contribution in [0.5, 0.6) is 11.5 Å². The molecule has 1 amide bonds. The summed E-state index contributed by atoms with van der Waals surface area (Å²) in [6.07, 6.45) is 0. The number of benzene rings is 2. The number of hydrogen-bond acceptors (Lipinski definition) is 4. The minimum absolute atomic E-state index is 0.187. The van der Waals surface area contributed by atoms with E-state index in [4.69, 9.17) is 32.7 Å². The first-order valence-corrected chi connectivity index (χ1v) is 8.09. The number of amides is 1. The molecule has 0 aliphatic carbocycles. The van der Waals surface area contributed by atoms with E-state index in [0.717, 1.165) is 17.1 Å².